The third-order valence-corrected chi connectivity index (χ3v) is 3.54. The first-order valence-electron chi connectivity index (χ1n) is 6.33. The summed E-state index contributed by atoms with van der Waals surface area (Å²) in [6.45, 7) is 3.21. The van der Waals surface area contributed by atoms with E-state index in [2.05, 4.69) is 6.58 Å². The summed E-state index contributed by atoms with van der Waals surface area (Å²) in [6.07, 6.45) is -17.3. The lowest BCUT2D eigenvalue weighted by Crippen LogP contribution is -2.54. The highest BCUT2D eigenvalue weighted by molar-refractivity contribution is 5.52. The van der Waals surface area contributed by atoms with Gasteiger partial charge < -0.3 is 10.2 Å². The Morgan fingerprint density at radius 1 is 0.760 bits per heavy atom. The number of rotatable bonds is 3. The molecule has 1 aromatic carbocycles. The molecule has 0 aliphatic heterocycles. The monoisotopic (exact) mass is 382 g/mol. The lowest BCUT2D eigenvalue weighted by Gasteiger charge is -2.34. The summed E-state index contributed by atoms with van der Waals surface area (Å²) in [5, 5.41) is 18.9. The summed E-state index contributed by atoms with van der Waals surface area (Å²) in [7, 11) is 0. The van der Waals surface area contributed by atoms with Crippen LogP contribution in [0.25, 0.3) is 6.08 Å². The SMILES string of the molecule is C=Cc1cc(C(C)(O)C(F)(F)F)cc(C(O)(C(F)(F)F)C(F)(F)F)c1. The van der Waals surface area contributed by atoms with Gasteiger partial charge in [-0.15, -0.1) is 0 Å². The lowest BCUT2D eigenvalue weighted by atomic mass is 9.85. The fourth-order valence-electron chi connectivity index (χ4n) is 1.91. The van der Waals surface area contributed by atoms with Gasteiger partial charge in [-0.2, -0.15) is 39.5 Å². The van der Waals surface area contributed by atoms with E-state index in [4.69, 9.17) is 0 Å². The Labute approximate surface area is 135 Å². The predicted molar refractivity (Wildman–Crippen MR) is 68.2 cm³/mol. The molecule has 2 nitrogen and oxygen atoms in total. The van der Waals surface area contributed by atoms with Gasteiger partial charge in [-0.05, 0) is 36.2 Å². The van der Waals surface area contributed by atoms with Gasteiger partial charge in [0.1, 0.15) is 0 Å². The minimum Gasteiger partial charge on any atom is -0.376 e. The lowest BCUT2D eigenvalue weighted by molar-refractivity contribution is -0.376. The second kappa shape index (κ2) is 5.90. The Hall–Kier alpha value is -1.75. The van der Waals surface area contributed by atoms with Crippen molar-refractivity contribution in [1.82, 2.24) is 0 Å². The third kappa shape index (κ3) is 3.47. The number of alkyl halides is 9. The second-order valence-corrected chi connectivity index (χ2v) is 5.32. The van der Waals surface area contributed by atoms with Crippen molar-refractivity contribution in [2.45, 2.75) is 36.7 Å². The van der Waals surface area contributed by atoms with Crippen LogP contribution >= 0.6 is 0 Å². The topological polar surface area (TPSA) is 40.5 Å². The quantitative estimate of drug-likeness (QED) is 0.761. The molecule has 1 unspecified atom stereocenters. The van der Waals surface area contributed by atoms with Crippen molar-refractivity contribution >= 4 is 6.08 Å². The Morgan fingerprint density at radius 2 is 1.16 bits per heavy atom. The van der Waals surface area contributed by atoms with Gasteiger partial charge in [-0.25, -0.2) is 0 Å². The molecule has 0 aliphatic rings. The van der Waals surface area contributed by atoms with Crippen molar-refractivity contribution in [3.05, 3.63) is 41.5 Å². The first-order valence-corrected chi connectivity index (χ1v) is 6.33. The summed E-state index contributed by atoms with van der Waals surface area (Å²) < 4.78 is 116. The van der Waals surface area contributed by atoms with Crippen LogP contribution in [-0.4, -0.2) is 28.7 Å². The highest BCUT2D eigenvalue weighted by atomic mass is 19.4. The van der Waals surface area contributed by atoms with Crippen molar-refractivity contribution in [2.75, 3.05) is 0 Å². The number of aliphatic hydroxyl groups is 2. The first-order chi connectivity index (χ1) is 10.9. The van der Waals surface area contributed by atoms with Crippen LogP contribution in [0.4, 0.5) is 39.5 Å². The van der Waals surface area contributed by atoms with Crippen LogP contribution < -0.4 is 0 Å². The summed E-state index contributed by atoms with van der Waals surface area (Å²) in [5.41, 5.74) is -13.0. The van der Waals surface area contributed by atoms with Crippen LogP contribution in [0.5, 0.6) is 0 Å². The molecule has 0 amide bonds. The third-order valence-electron chi connectivity index (χ3n) is 3.54. The highest BCUT2D eigenvalue weighted by Gasteiger charge is 2.71. The van der Waals surface area contributed by atoms with Gasteiger partial charge in [0.05, 0.1) is 0 Å². The minimum atomic E-state index is -6.29. The van der Waals surface area contributed by atoms with Crippen molar-refractivity contribution in [2.24, 2.45) is 0 Å². The van der Waals surface area contributed by atoms with Crippen LogP contribution in [0.3, 0.4) is 0 Å². The molecular formula is C14H11F9O2. The Bertz CT molecular complexity index is 640. The first kappa shape index (κ1) is 21.3. The van der Waals surface area contributed by atoms with Gasteiger partial charge in [0.25, 0.3) is 5.60 Å². The van der Waals surface area contributed by atoms with Gasteiger partial charge in [-0.1, -0.05) is 12.7 Å². The maximum atomic E-state index is 12.9. The summed E-state index contributed by atoms with van der Waals surface area (Å²) >= 11 is 0. The summed E-state index contributed by atoms with van der Waals surface area (Å²) in [6, 6.07) is 0.503. The van der Waals surface area contributed by atoms with E-state index in [0.717, 1.165) is 0 Å². The minimum absolute atomic E-state index is 0.152. The molecule has 0 fully saturated rings. The zero-order chi connectivity index (χ0) is 20.1. The molecule has 1 aromatic rings. The summed E-state index contributed by atoms with van der Waals surface area (Å²) in [4.78, 5) is 0. The molecule has 142 valence electrons. The van der Waals surface area contributed by atoms with E-state index in [-0.39, 0.29) is 19.1 Å². The summed E-state index contributed by atoms with van der Waals surface area (Å²) in [5.74, 6) is 0. The fourth-order valence-corrected chi connectivity index (χ4v) is 1.91. The maximum Gasteiger partial charge on any atom is 0.430 e. The number of benzene rings is 1. The molecule has 11 heteroatoms. The van der Waals surface area contributed by atoms with Crippen LogP contribution in [0.15, 0.2) is 24.8 Å². The Balaban J connectivity index is 3.84. The molecule has 1 atom stereocenters. The van der Waals surface area contributed by atoms with E-state index in [1.54, 1.807) is 0 Å². The van der Waals surface area contributed by atoms with Crippen molar-refractivity contribution in [3.8, 4) is 0 Å². The molecule has 0 saturated heterocycles. The standard InChI is InChI=1S/C14H11F9O2/c1-3-7-4-8(10(2,24)12(15,16)17)6-9(5-7)11(25,13(18,19)20)14(21,22)23/h3-6,24-25H,1H2,2H3. The molecule has 0 spiro atoms. The molecule has 0 aromatic heterocycles. The Kier molecular flexibility index (Phi) is 5.03. The van der Waals surface area contributed by atoms with Crippen molar-refractivity contribution < 1.29 is 49.7 Å². The van der Waals surface area contributed by atoms with E-state index in [1.807, 2.05) is 0 Å². The number of hydrogen-bond acceptors (Lipinski definition) is 2. The van der Waals surface area contributed by atoms with Crippen molar-refractivity contribution in [1.29, 1.82) is 0 Å². The van der Waals surface area contributed by atoms with Crippen LogP contribution in [0.1, 0.15) is 23.6 Å². The zero-order valence-electron chi connectivity index (χ0n) is 12.3. The average molecular weight is 382 g/mol. The molecule has 0 aliphatic carbocycles. The highest BCUT2D eigenvalue weighted by Crippen LogP contribution is 2.51. The predicted octanol–water partition coefficient (Wildman–Crippen LogP) is 4.41. The maximum absolute atomic E-state index is 12.9. The molecule has 0 radical (unpaired) electrons. The number of hydrogen-bond donors (Lipinski definition) is 2. The van der Waals surface area contributed by atoms with Gasteiger partial charge >= 0.3 is 18.5 Å². The molecule has 0 bridgehead atoms. The van der Waals surface area contributed by atoms with Crippen LogP contribution in [0, 0.1) is 0 Å². The normalized spacial score (nSPS) is 16.5. The van der Waals surface area contributed by atoms with E-state index in [9.17, 15) is 49.7 Å². The smallest absolute Gasteiger partial charge is 0.376 e. The van der Waals surface area contributed by atoms with Crippen molar-refractivity contribution in [3.63, 3.8) is 0 Å². The molecule has 2 N–H and O–H groups in total. The van der Waals surface area contributed by atoms with Crippen LogP contribution in [-0.2, 0) is 11.2 Å². The molecule has 25 heavy (non-hydrogen) atoms. The fraction of sp³-hybridized carbons (Fsp3) is 0.429. The molecule has 1 rings (SSSR count). The zero-order valence-corrected chi connectivity index (χ0v) is 12.3. The molecule has 0 saturated carbocycles. The largest absolute Gasteiger partial charge is 0.430 e. The van der Waals surface area contributed by atoms with Gasteiger partial charge in [0.2, 0.25) is 0 Å². The van der Waals surface area contributed by atoms with E-state index in [0.29, 0.717) is 12.1 Å². The molecular weight excluding hydrogens is 371 g/mol. The van der Waals surface area contributed by atoms with E-state index >= 15 is 0 Å². The van der Waals surface area contributed by atoms with Gasteiger partial charge in [0.15, 0.2) is 5.60 Å². The van der Waals surface area contributed by atoms with E-state index in [1.165, 1.54) is 0 Å². The van der Waals surface area contributed by atoms with E-state index < -0.39 is 46.4 Å². The van der Waals surface area contributed by atoms with Gasteiger partial charge in [-0.3, -0.25) is 0 Å². The second-order valence-electron chi connectivity index (χ2n) is 5.32. The number of halogens is 9. The average Bonchev–Trinajstić information content (AvgIpc) is 2.42. The Morgan fingerprint density at radius 3 is 1.48 bits per heavy atom. The molecule has 0 heterocycles. The van der Waals surface area contributed by atoms with Crippen LogP contribution in [0.2, 0.25) is 0 Å². The van der Waals surface area contributed by atoms with Gasteiger partial charge in [0, 0.05) is 5.56 Å².